The average Bonchev–Trinajstić information content (AvgIpc) is 2.27. The molecule has 19 heavy (non-hydrogen) atoms. The molecule has 0 aliphatic heterocycles. The summed E-state index contributed by atoms with van der Waals surface area (Å²) in [6.45, 7) is -0.0418. The van der Waals surface area contributed by atoms with Crippen LogP contribution in [0.2, 0.25) is 0 Å². The van der Waals surface area contributed by atoms with Gasteiger partial charge in [0.2, 0.25) is 5.91 Å². The van der Waals surface area contributed by atoms with Gasteiger partial charge < -0.3 is 16.8 Å². The maximum Gasteiger partial charge on any atom is 0.418 e. The first-order valence-electron chi connectivity index (χ1n) is 5.25. The molecule has 0 saturated heterocycles. The molecule has 2 amide bonds. The van der Waals surface area contributed by atoms with E-state index in [1.807, 2.05) is 0 Å². The number of primary amides is 1. The summed E-state index contributed by atoms with van der Waals surface area (Å²) in [5.74, 6) is -1.35. The van der Waals surface area contributed by atoms with Crippen molar-refractivity contribution >= 4 is 17.5 Å². The molecule has 0 aliphatic rings. The van der Waals surface area contributed by atoms with Crippen molar-refractivity contribution < 1.29 is 22.8 Å². The van der Waals surface area contributed by atoms with E-state index in [2.05, 4.69) is 5.32 Å². The molecule has 0 radical (unpaired) electrons. The number of benzene rings is 1. The van der Waals surface area contributed by atoms with E-state index in [0.717, 1.165) is 6.07 Å². The molecule has 0 heterocycles. The van der Waals surface area contributed by atoms with Gasteiger partial charge in [-0.1, -0.05) is 0 Å². The summed E-state index contributed by atoms with van der Waals surface area (Å²) in [6.07, 6.45) is -4.72. The van der Waals surface area contributed by atoms with Crippen molar-refractivity contribution in [1.82, 2.24) is 5.32 Å². The number of nitrogen functional groups attached to an aromatic ring is 1. The Kier molecular flexibility index (Phi) is 4.36. The summed E-state index contributed by atoms with van der Waals surface area (Å²) in [5, 5.41) is 2.28. The van der Waals surface area contributed by atoms with Crippen molar-refractivity contribution in [1.29, 1.82) is 0 Å². The second-order valence-electron chi connectivity index (χ2n) is 3.77. The standard InChI is InChI=1S/C11H12F3N3O2/c12-11(13,14)7-5-6(1-2-8(7)15)10(19)17-4-3-9(16)18/h1-2,5H,3-4,15H2,(H2,16,18)(H,17,19). The zero-order valence-electron chi connectivity index (χ0n) is 9.75. The molecule has 1 rings (SSSR count). The number of halogens is 3. The molecular formula is C11H12F3N3O2. The highest BCUT2D eigenvalue weighted by Gasteiger charge is 2.33. The number of carbonyl (C=O) groups is 2. The summed E-state index contributed by atoms with van der Waals surface area (Å²) < 4.78 is 37.7. The van der Waals surface area contributed by atoms with Crippen LogP contribution in [-0.4, -0.2) is 18.4 Å². The molecule has 5 N–H and O–H groups in total. The lowest BCUT2D eigenvalue weighted by Crippen LogP contribution is -2.28. The molecule has 0 unspecified atom stereocenters. The van der Waals surface area contributed by atoms with Crippen LogP contribution in [0.5, 0.6) is 0 Å². The van der Waals surface area contributed by atoms with Crippen molar-refractivity contribution in [3.8, 4) is 0 Å². The van der Waals surface area contributed by atoms with E-state index in [-0.39, 0.29) is 18.5 Å². The summed E-state index contributed by atoms with van der Waals surface area (Å²) in [7, 11) is 0. The fourth-order valence-electron chi connectivity index (χ4n) is 1.34. The second kappa shape index (κ2) is 5.59. The number of nitrogens with two attached hydrogens (primary N) is 2. The van der Waals surface area contributed by atoms with Gasteiger partial charge in [0, 0.05) is 24.2 Å². The van der Waals surface area contributed by atoms with Gasteiger partial charge in [0.15, 0.2) is 0 Å². The number of alkyl halides is 3. The highest BCUT2D eigenvalue weighted by atomic mass is 19.4. The van der Waals surface area contributed by atoms with Gasteiger partial charge in [0.25, 0.3) is 5.91 Å². The largest absolute Gasteiger partial charge is 0.418 e. The van der Waals surface area contributed by atoms with E-state index in [1.165, 1.54) is 6.07 Å². The minimum absolute atomic E-state index is 0.0418. The van der Waals surface area contributed by atoms with E-state index < -0.39 is 29.2 Å². The van der Waals surface area contributed by atoms with Gasteiger partial charge in [0.05, 0.1) is 5.56 Å². The third kappa shape index (κ3) is 4.16. The van der Waals surface area contributed by atoms with Crippen LogP contribution in [0.15, 0.2) is 18.2 Å². The van der Waals surface area contributed by atoms with Crippen LogP contribution in [-0.2, 0) is 11.0 Å². The number of amides is 2. The highest BCUT2D eigenvalue weighted by Crippen LogP contribution is 2.33. The molecule has 0 bridgehead atoms. The first-order valence-corrected chi connectivity index (χ1v) is 5.25. The molecule has 0 atom stereocenters. The van der Waals surface area contributed by atoms with Crippen LogP contribution >= 0.6 is 0 Å². The van der Waals surface area contributed by atoms with Gasteiger partial charge in [-0.15, -0.1) is 0 Å². The molecule has 1 aromatic carbocycles. The minimum Gasteiger partial charge on any atom is -0.398 e. The summed E-state index contributed by atoms with van der Waals surface area (Å²) in [5.41, 5.74) is 8.35. The number of rotatable bonds is 4. The Morgan fingerprint density at radius 3 is 2.42 bits per heavy atom. The molecule has 0 aromatic heterocycles. The number of nitrogens with one attached hydrogen (secondary N) is 1. The third-order valence-electron chi connectivity index (χ3n) is 2.28. The van der Waals surface area contributed by atoms with Crippen LogP contribution in [0.1, 0.15) is 22.3 Å². The predicted molar refractivity (Wildman–Crippen MR) is 62.0 cm³/mol. The quantitative estimate of drug-likeness (QED) is 0.712. The predicted octanol–water partition coefficient (Wildman–Crippen LogP) is 0.893. The third-order valence-corrected chi connectivity index (χ3v) is 2.28. The zero-order valence-corrected chi connectivity index (χ0v) is 9.75. The van der Waals surface area contributed by atoms with Gasteiger partial charge in [-0.25, -0.2) is 0 Å². The normalized spacial score (nSPS) is 11.1. The number of anilines is 1. The maximum absolute atomic E-state index is 12.6. The number of hydrogen-bond donors (Lipinski definition) is 3. The summed E-state index contributed by atoms with van der Waals surface area (Å²) in [4.78, 5) is 22.0. The Hall–Kier alpha value is -2.25. The topological polar surface area (TPSA) is 98.2 Å². The van der Waals surface area contributed by atoms with Gasteiger partial charge in [-0.2, -0.15) is 13.2 Å². The monoisotopic (exact) mass is 275 g/mol. The van der Waals surface area contributed by atoms with Crippen molar-refractivity contribution in [2.24, 2.45) is 5.73 Å². The van der Waals surface area contributed by atoms with Crippen molar-refractivity contribution in [2.45, 2.75) is 12.6 Å². The van der Waals surface area contributed by atoms with Crippen LogP contribution in [0.25, 0.3) is 0 Å². The maximum atomic E-state index is 12.6. The molecule has 0 saturated carbocycles. The van der Waals surface area contributed by atoms with Crippen molar-refractivity contribution in [3.05, 3.63) is 29.3 Å². The Balaban J connectivity index is 2.84. The first-order chi connectivity index (χ1) is 8.71. The Labute approximate surface area is 106 Å². The van der Waals surface area contributed by atoms with Crippen LogP contribution in [0.4, 0.5) is 18.9 Å². The van der Waals surface area contributed by atoms with E-state index in [9.17, 15) is 22.8 Å². The number of carbonyl (C=O) groups excluding carboxylic acids is 2. The molecule has 0 aliphatic carbocycles. The van der Waals surface area contributed by atoms with Crippen LogP contribution in [0.3, 0.4) is 0 Å². The lowest BCUT2D eigenvalue weighted by molar-refractivity contribution is -0.136. The summed E-state index contributed by atoms with van der Waals surface area (Å²) in [6, 6.07) is 2.84. The van der Waals surface area contributed by atoms with Crippen molar-refractivity contribution in [3.63, 3.8) is 0 Å². The van der Waals surface area contributed by atoms with Gasteiger partial charge in [0.1, 0.15) is 0 Å². The zero-order chi connectivity index (χ0) is 14.6. The van der Waals surface area contributed by atoms with E-state index >= 15 is 0 Å². The first kappa shape index (κ1) is 14.8. The van der Waals surface area contributed by atoms with Crippen LogP contribution in [0, 0.1) is 0 Å². The highest BCUT2D eigenvalue weighted by molar-refractivity contribution is 5.95. The Morgan fingerprint density at radius 2 is 1.89 bits per heavy atom. The van der Waals surface area contributed by atoms with Crippen LogP contribution < -0.4 is 16.8 Å². The SMILES string of the molecule is NC(=O)CCNC(=O)c1ccc(N)c(C(F)(F)F)c1. The molecule has 1 aromatic rings. The Bertz CT molecular complexity index is 500. The second-order valence-corrected chi connectivity index (χ2v) is 3.77. The molecule has 104 valence electrons. The smallest absolute Gasteiger partial charge is 0.398 e. The van der Waals surface area contributed by atoms with Crippen molar-refractivity contribution in [2.75, 3.05) is 12.3 Å². The van der Waals surface area contributed by atoms with Gasteiger partial charge >= 0.3 is 6.18 Å². The molecule has 0 spiro atoms. The molecule has 5 nitrogen and oxygen atoms in total. The molecule has 8 heteroatoms. The lowest BCUT2D eigenvalue weighted by atomic mass is 10.1. The fraction of sp³-hybridized carbons (Fsp3) is 0.273. The van der Waals surface area contributed by atoms with Gasteiger partial charge in [-0.3, -0.25) is 9.59 Å². The van der Waals surface area contributed by atoms with Gasteiger partial charge in [-0.05, 0) is 18.2 Å². The summed E-state index contributed by atoms with van der Waals surface area (Å²) >= 11 is 0. The molecular weight excluding hydrogens is 263 g/mol. The minimum atomic E-state index is -4.63. The molecule has 0 fully saturated rings. The average molecular weight is 275 g/mol. The fourth-order valence-corrected chi connectivity index (χ4v) is 1.34. The lowest BCUT2D eigenvalue weighted by Gasteiger charge is -2.11. The van der Waals surface area contributed by atoms with E-state index in [1.54, 1.807) is 0 Å². The van der Waals surface area contributed by atoms with E-state index in [4.69, 9.17) is 11.5 Å². The van der Waals surface area contributed by atoms with E-state index in [0.29, 0.717) is 6.07 Å². The Morgan fingerprint density at radius 1 is 1.26 bits per heavy atom. The number of hydrogen-bond acceptors (Lipinski definition) is 3.